The van der Waals surface area contributed by atoms with Gasteiger partial charge >= 0.3 is 0 Å². The highest BCUT2D eigenvalue weighted by molar-refractivity contribution is 7.18. The van der Waals surface area contributed by atoms with Crippen LogP contribution in [0.25, 0.3) is 32.0 Å². The average Bonchev–Trinajstić information content (AvgIpc) is 3.26. The van der Waals surface area contributed by atoms with Crippen LogP contribution < -0.4 is 11.1 Å². The fraction of sp³-hybridized carbons (Fsp3) is 0.120. The van der Waals surface area contributed by atoms with Gasteiger partial charge in [-0.15, -0.1) is 0 Å². The van der Waals surface area contributed by atoms with Crippen LogP contribution >= 0.6 is 11.3 Å². The number of fused-ring (bicyclic) bond motifs is 2. The van der Waals surface area contributed by atoms with Crippen molar-refractivity contribution in [2.24, 2.45) is 5.73 Å². The summed E-state index contributed by atoms with van der Waals surface area (Å²) in [5, 5.41) is 9.14. The highest BCUT2D eigenvalue weighted by Gasteiger charge is 2.09. The van der Waals surface area contributed by atoms with Gasteiger partial charge in [0.25, 0.3) is 0 Å². The Bertz CT molecular complexity index is 1310. The van der Waals surface area contributed by atoms with Gasteiger partial charge in [0.05, 0.1) is 4.88 Å². The third kappa shape index (κ3) is 4.03. The van der Waals surface area contributed by atoms with Crippen molar-refractivity contribution in [1.82, 2.24) is 9.97 Å². The molecule has 148 valence electrons. The molecule has 30 heavy (non-hydrogen) atoms. The third-order valence-electron chi connectivity index (χ3n) is 5.26. The van der Waals surface area contributed by atoms with Gasteiger partial charge in [-0.1, -0.05) is 65.9 Å². The lowest BCUT2D eigenvalue weighted by Gasteiger charge is -2.13. The number of nitrogens with zero attached hydrogens (tertiary/aromatic N) is 2. The van der Waals surface area contributed by atoms with Crippen LogP contribution in [0, 0.1) is 0 Å². The van der Waals surface area contributed by atoms with Crippen molar-refractivity contribution in [2.75, 3.05) is 11.9 Å². The standard InChI is InChI=1S/C25H22N4S/c26-23(12-17-5-6-18-3-1-2-4-19(18)11-17)15-28-25-29-16-24(30-25)21-7-8-22-14-27-10-9-20(22)13-21/h1-11,13-14,16,23H,12,15,26H2,(H,28,29)/t23-/m0/s1. The van der Waals surface area contributed by atoms with Crippen LogP contribution in [-0.4, -0.2) is 22.6 Å². The highest BCUT2D eigenvalue weighted by atomic mass is 32.1. The van der Waals surface area contributed by atoms with Gasteiger partial charge in [-0.05, 0) is 45.8 Å². The van der Waals surface area contributed by atoms with Crippen LogP contribution in [0.1, 0.15) is 5.56 Å². The van der Waals surface area contributed by atoms with Crippen molar-refractivity contribution in [2.45, 2.75) is 12.5 Å². The first-order valence-electron chi connectivity index (χ1n) is 10.0. The van der Waals surface area contributed by atoms with E-state index in [-0.39, 0.29) is 6.04 Å². The zero-order chi connectivity index (χ0) is 20.3. The number of benzene rings is 3. The van der Waals surface area contributed by atoms with Crippen molar-refractivity contribution < 1.29 is 0 Å². The number of rotatable bonds is 6. The Morgan fingerprint density at radius 2 is 1.70 bits per heavy atom. The smallest absolute Gasteiger partial charge is 0.183 e. The first-order valence-corrected chi connectivity index (χ1v) is 10.8. The maximum Gasteiger partial charge on any atom is 0.183 e. The number of pyridine rings is 1. The van der Waals surface area contributed by atoms with Crippen LogP contribution in [0.15, 0.2) is 85.3 Å². The summed E-state index contributed by atoms with van der Waals surface area (Å²) in [5.41, 5.74) is 8.81. The van der Waals surface area contributed by atoms with Crippen molar-refractivity contribution in [3.05, 3.63) is 90.9 Å². The van der Waals surface area contributed by atoms with Gasteiger partial charge in [-0.2, -0.15) is 0 Å². The van der Waals surface area contributed by atoms with E-state index in [9.17, 15) is 0 Å². The van der Waals surface area contributed by atoms with Crippen LogP contribution in [0.2, 0.25) is 0 Å². The van der Waals surface area contributed by atoms with Crippen LogP contribution in [0.5, 0.6) is 0 Å². The number of hydrogen-bond acceptors (Lipinski definition) is 5. The molecule has 3 aromatic carbocycles. The summed E-state index contributed by atoms with van der Waals surface area (Å²) in [4.78, 5) is 9.84. The van der Waals surface area contributed by atoms with Crippen molar-refractivity contribution in [3.63, 3.8) is 0 Å². The SMILES string of the molecule is N[C@H](CNc1ncc(-c2ccc3cnccc3c2)s1)Cc1ccc2ccccc2c1. The summed E-state index contributed by atoms with van der Waals surface area (Å²) in [6.45, 7) is 0.684. The molecule has 2 heterocycles. The zero-order valence-corrected chi connectivity index (χ0v) is 17.3. The Morgan fingerprint density at radius 1 is 0.867 bits per heavy atom. The number of nitrogens with one attached hydrogen (secondary N) is 1. The molecule has 0 aliphatic carbocycles. The molecule has 5 heteroatoms. The maximum atomic E-state index is 6.39. The zero-order valence-electron chi connectivity index (χ0n) is 16.5. The second-order valence-corrected chi connectivity index (χ2v) is 8.52. The molecule has 1 atom stereocenters. The molecule has 3 N–H and O–H groups in total. The van der Waals surface area contributed by atoms with E-state index in [1.54, 1.807) is 11.3 Å². The number of hydrogen-bond donors (Lipinski definition) is 2. The maximum absolute atomic E-state index is 6.39. The molecule has 4 nitrogen and oxygen atoms in total. The van der Waals surface area contributed by atoms with Gasteiger partial charge in [0.2, 0.25) is 0 Å². The molecule has 0 unspecified atom stereocenters. The Kier molecular flexibility index (Phi) is 5.13. The molecule has 2 aromatic heterocycles. The fourth-order valence-electron chi connectivity index (χ4n) is 3.68. The predicted octanol–water partition coefficient (Wildman–Crippen LogP) is 5.49. The number of anilines is 1. The number of thiazole rings is 1. The monoisotopic (exact) mass is 410 g/mol. The lowest BCUT2D eigenvalue weighted by atomic mass is 10.0. The molecule has 5 aromatic rings. The third-order valence-corrected chi connectivity index (χ3v) is 6.26. The topological polar surface area (TPSA) is 63.8 Å². The van der Waals surface area contributed by atoms with Gasteiger partial charge in [0.1, 0.15) is 0 Å². The molecule has 0 fully saturated rings. The average molecular weight is 411 g/mol. The lowest BCUT2D eigenvalue weighted by molar-refractivity contribution is 0.699. The Hall–Kier alpha value is -3.28. The first-order chi connectivity index (χ1) is 14.7. The largest absolute Gasteiger partial charge is 0.360 e. The molecular formula is C25H22N4S. The first kappa shape index (κ1) is 18.7. The minimum absolute atomic E-state index is 0.0201. The van der Waals surface area contributed by atoms with E-state index in [0.717, 1.165) is 21.8 Å². The number of nitrogens with two attached hydrogens (primary N) is 1. The Morgan fingerprint density at radius 3 is 2.63 bits per heavy atom. The summed E-state index contributed by atoms with van der Waals surface area (Å²) in [6, 6.07) is 23.4. The van der Waals surface area contributed by atoms with E-state index in [1.165, 1.54) is 27.3 Å². The van der Waals surface area contributed by atoms with Gasteiger partial charge in [-0.3, -0.25) is 4.98 Å². The molecule has 0 bridgehead atoms. The van der Waals surface area contributed by atoms with E-state index in [4.69, 9.17) is 5.73 Å². The summed E-state index contributed by atoms with van der Waals surface area (Å²) in [7, 11) is 0. The van der Waals surface area contributed by atoms with Crippen molar-refractivity contribution >= 4 is 38.0 Å². The van der Waals surface area contributed by atoms with E-state index >= 15 is 0 Å². The molecule has 0 spiro atoms. The molecule has 0 saturated heterocycles. The van der Waals surface area contributed by atoms with Crippen LogP contribution in [0.3, 0.4) is 0 Å². The summed E-state index contributed by atoms with van der Waals surface area (Å²) in [6.07, 6.45) is 6.46. The molecular weight excluding hydrogens is 388 g/mol. The van der Waals surface area contributed by atoms with E-state index in [1.807, 2.05) is 24.7 Å². The molecule has 0 amide bonds. The minimum atomic E-state index is 0.0201. The molecule has 0 radical (unpaired) electrons. The molecule has 0 aliphatic heterocycles. The summed E-state index contributed by atoms with van der Waals surface area (Å²) < 4.78 is 0. The van der Waals surface area contributed by atoms with Gasteiger partial charge in [0.15, 0.2) is 5.13 Å². The second kappa shape index (κ2) is 8.22. The summed E-state index contributed by atoms with van der Waals surface area (Å²) in [5.74, 6) is 0. The Labute approximate surface area is 179 Å². The van der Waals surface area contributed by atoms with Crippen molar-refractivity contribution in [3.8, 4) is 10.4 Å². The van der Waals surface area contributed by atoms with E-state index in [0.29, 0.717) is 6.54 Å². The molecule has 0 aliphatic rings. The molecule has 5 rings (SSSR count). The van der Waals surface area contributed by atoms with Crippen molar-refractivity contribution in [1.29, 1.82) is 0 Å². The predicted molar refractivity (Wildman–Crippen MR) is 127 cm³/mol. The van der Waals surface area contributed by atoms with Gasteiger partial charge in [-0.25, -0.2) is 4.98 Å². The van der Waals surface area contributed by atoms with E-state index in [2.05, 4.69) is 75.9 Å². The summed E-state index contributed by atoms with van der Waals surface area (Å²) >= 11 is 1.65. The van der Waals surface area contributed by atoms with Gasteiger partial charge in [0, 0.05) is 36.6 Å². The highest BCUT2D eigenvalue weighted by Crippen LogP contribution is 2.31. The van der Waals surface area contributed by atoms with Crippen LogP contribution in [-0.2, 0) is 6.42 Å². The lowest BCUT2D eigenvalue weighted by Crippen LogP contribution is -2.31. The number of aromatic nitrogens is 2. The second-order valence-electron chi connectivity index (χ2n) is 7.49. The quantitative estimate of drug-likeness (QED) is 0.388. The molecule has 0 saturated carbocycles. The minimum Gasteiger partial charge on any atom is -0.360 e. The Balaban J connectivity index is 1.23. The normalized spacial score (nSPS) is 12.3. The van der Waals surface area contributed by atoms with E-state index < -0.39 is 0 Å². The van der Waals surface area contributed by atoms with Gasteiger partial charge < -0.3 is 11.1 Å². The van der Waals surface area contributed by atoms with Crippen LogP contribution in [0.4, 0.5) is 5.13 Å². The fourth-order valence-corrected chi connectivity index (χ4v) is 4.50.